The van der Waals surface area contributed by atoms with Crippen LogP contribution in [0.5, 0.6) is 0 Å². The SMILES string of the molecule is CC(C)(C)OC(=O)N1CCC(N2CCN(c3nc(-c4ccc5c(c4)C(C)(C)CCC5(C)C)cs3)CC2)CC1. The van der Waals surface area contributed by atoms with Crippen LogP contribution in [0.1, 0.15) is 85.3 Å². The summed E-state index contributed by atoms with van der Waals surface area (Å²) in [6, 6.07) is 7.60. The molecule has 3 heterocycles. The zero-order valence-electron chi connectivity index (χ0n) is 24.5. The van der Waals surface area contributed by atoms with E-state index in [-0.39, 0.29) is 16.9 Å². The van der Waals surface area contributed by atoms with Gasteiger partial charge in [-0.1, -0.05) is 39.8 Å². The molecule has 6 nitrogen and oxygen atoms in total. The molecule has 1 aromatic heterocycles. The molecule has 38 heavy (non-hydrogen) atoms. The number of rotatable bonds is 3. The smallest absolute Gasteiger partial charge is 0.410 e. The number of carbonyl (C=O) groups is 1. The molecule has 0 N–H and O–H groups in total. The van der Waals surface area contributed by atoms with Crippen LogP contribution < -0.4 is 4.90 Å². The predicted octanol–water partition coefficient (Wildman–Crippen LogP) is 6.68. The number of hydrogen-bond donors (Lipinski definition) is 0. The number of likely N-dealkylation sites (tertiary alicyclic amines) is 1. The maximum Gasteiger partial charge on any atom is 0.410 e. The molecule has 2 aromatic rings. The predicted molar refractivity (Wildman–Crippen MR) is 157 cm³/mol. The highest BCUT2D eigenvalue weighted by Crippen LogP contribution is 2.47. The fourth-order valence-electron chi connectivity index (χ4n) is 6.31. The van der Waals surface area contributed by atoms with Crippen LogP contribution in [0.15, 0.2) is 23.6 Å². The molecule has 3 aliphatic rings. The van der Waals surface area contributed by atoms with E-state index >= 15 is 0 Å². The average molecular weight is 539 g/mol. The lowest BCUT2D eigenvalue weighted by atomic mass is 9.63. The zero-order valence-corrected chi connectivity index (χ0v) is 25.3. The van der Waals surface area contributed by atoms with Gasteiger partial charge < -0.3 is 14.5 Å². The highest BCUT2D eigenvalue weighted by Gasteiger charge is 2.37. The number of aromatic nitrogens is 1. The van der Waals surface area contributed by atoms with Gasteiger partial charge in [0.1, 0.15) is 5.60 Å². The lowest BCUT2D eigenvalue weighted by molar-refractivity contribution is 0.0140. The van der Waals surface area contributed by atoms with Crippen LogP contribution >= 0.6 is 11.3 Å². The first-order chi connectivity index (χ1) is 17.8. The summed E-state index contributed by atoms with van der Waals surface area (Å²) < 4.78 is 5.56. The van der Waals surface area contributed by atoms with Crippen molar-refractivity contribution in [3.8, 4) is 11.3 Å². The summed E-state index contributed by atoms with van der Waals surface area (Å²) in [4.78, 5) is 24.4. The molecular weight excluding hydrogens is 492 g/mol. The fourth-order valence-corrected chi connectivity index (χ4v) is 7.20. The number of carbonyl (C=O) groups excluding carboxylic acids is 1. The van der Waals surface area contributed by atoms with Crippen molar-refractivity contribution in [3.63, 3.8) is 0 Å². The van der Waals surface area contributed by atoms with Gasteiger partial charge in [-0.25, -0.2) is 9.78 Å². The summed E-state index contributed by atoms with van der Waals surface area (Å²) in [5.41, 5.74) is 5.35. The van der Waals surface area contributed by atoms with Crippen LogP contribution in [0.2, 0.25) is 0 Å². The molecule has 0 unspecified atom stereocenters. The number of amides is 1. The minimum Gasteiger partial charge on any atom is -0.444 e. The highest BCUT2D eigenvalue weighted by atomic mass is 32.1. The molecule has 1 aliphatic carbocycles. The molecule has 0 saturated carbocycles. The molecule has 2 aliphatic heterocycles. The second-order valence-electron chi connectivity index (χ2n) is 13.8. The topological polar surface area (TPSA) is 48.9 Å². The van der Waals surface area contributed by atoms with Crippen LogP contribution in [0.3, 0.4) is 0 Å². The van der Waals surface area contributed by atoms with Crippen molar-refractivity contribution < 1.29 is 9.53 Å². The molecule has 208 valence electrons. The molecule has 5 rings (SSSR count). The first-order valence-electron chi connectivity index (χ1n) is 14.4. The first-order valence-corrected chi connectivity index (χ1v) is 15.3. The van der Waals surface area contributed by atoms with E-state index in [0.29, 0.717) is 6.04 Å². The number of piperidine rings is 1. The van der Waals surface area contributed by atoms with E-state index in [4.69, 9.17) is 9.72 Å². The van der Waals surface area contributed by atoms with Gasteiger partial charge >= 0.3 is 6.09 Å². The van der Waals surface area contributed by atoms with Crippen LogP contribution in [0, 0.1) is 0 Å². The van der Waals surface area contributed by atoms with Gasteiger partial charge in [-0.2, -0.15) is 0 Å². The van der Waals surface area contributed by atoms with E-state index in [1.807, 2.05) is 25.7 Å². The van der Waals surface area contributed by atoms with E-state index in [9.17, 15) is 4.79 Å². The fraction of sp³-hybridized carbons (Fsp3) is 0.677. The largest absolute Gasteiger partial charge is 0.444 e. The van der Waals surface area contributed by atoms with Gasteiger partial charge in [0.15, 0.2) is 5.13 Å². The third-order valence-electron chi connectivity index (χ3n) is 8.86. The van der Waals surface area contributed by atoms with Gasteiger partial charge in [-0.15, -0.1) is 11.3 Å². The lowest BCUT2D eigenvalue weighted by Crippen LogP contribution is -2.54. The number of ether oxygens (including phenoxy) is 1. The number of thiazole rings is 1. The molecule has 0 bridgehead atoms. The summed E-state index contributed by atoms with van der Waals surface area (Å²) in [6.45, 7) is 21.0. The number of fused-ring (bicyclic) bond motifs is 1. The summed E-state index contributed by atoms with van der Waals surface area (Å²) in [7, 11) is 0. The van der Waals surface area contributed by atoms with Crippen molar-refractivity contribution in [3.05, 3.63) is 34.7 Å². The van der Waals surface area contributed by atoms with Crippen molar-refractivity contribution >= 4 is 22.6 Å². The molecule has 2 saturated heterocycles. The molecule has 1 aromatic carbocycles. The first kappa shape index (κ1) is 27.4. The van der Waals surface area contributed by atoms with E-state index in [1.165, 1.54) is 29.5 Å². The lowest BCUT2D eigenvalue weighted by Gasteiger charge is -2.42. The third-order valence-corrected chi connectivity index (χ3v) is 9.76. The van der Waals surface area contributed by atoms with Gasteiger partial charge in [0.25, 0.3) is 0 Å². The van der Waals surface area contributed by atoms with Crippen molar-refractivity contribution in [2.45, 2.75) is 96.6 Å². The molecule has 0 atom stereocenters. The Balaban J connectivity index is 1.18. The Hall–Kier alpha value is -2.12. The number of benzene rings is 1. The van der Waals surface area contributed by atoms with Crippen molar-refractivity contribution in [1.82, 2.24) is 14.8 Å². The van der Waals surface area contributed by atoms with E-state index in [1.54, 1.807) is 11.3 Å². The molecule has 0 radical (unpaired) electrons. The van der Waals surface area contributed by atoms with Crippen molar-refractivity contribution in [2.75, 3.05) is 44.2 Å². The second kappa shape index (κ2) is 10.1. The van der Waals surface area contributed by atoms with Crippen LogP contribution in [0.4, 0.5) is 9.93 Å². The normalized spacial score (nSPS) is 22.3. The van der Waals surface area contributed by atoms with E-state index in [0.717, 1.165) is 62.9 Å². The third kappa shape index (κ3) is 5.74. The number of nitrogens with zero attached hydrogens (tertiary/aromatic N) is 4. The van der Waals surface area contributed by atoms with Gasteiger partial charge in [0.2, 0.25) is 0 Å². The standard InChI is InChI=1S/C31H46N4O2S/c1-29(2,3)37-28(36)35-14-10-23(11-15-35)33-16-18-34(19-17-33)27-32-26(21-38-27)22-8-9-24-25(20-22)31(6,7)13-12-30(24,4)5/h8-9,20-21,23H,10-19H2,1-7H3. The minimum absolute atomic E-state index is 0.174. The minimum atomic E-state index is -0.437. The Morgan fingerprint density at radius 1 is 0.947 bits per heavy atom. The van der Waals surface area contributed by atoms with Gasteiger partial charge in [-0.05, 0) is 74.5 Å². The second-order valence-corrected chi connectivity index (χ2v) is 14.6. The number of piperazine rings is 1. The van der Waals surface area contributed by atoms with Crippen LogP contribution in [-0.4, -0.2) is 71.8 Å². The van der Waals surface area contributed by atoms with Gasteiger partial charge in [-0.3, -0.25) is 4.90 Å². The Bertz CT molecular complexity index is 1150. The maximum absolute atomic E-state index is 12.4. The Morgan fingerprint density at radius 3 is 2.21 bits per heavy atom. The quantitative estimate of drug-likeness (QED) is 0.436. The molecular formula is C31H46N4O2S. The number of anilines is 1. The van der Waals surface area contributed by atoms with E-state index < -0.39 is 5.60 Å². The number of hydrogen-bond acceptors (Lipinski definition) is 6. The molecule has 1 amide bonds. The van der Waals surface area contributed by atoms with Gasteiger partial charge in [0, 0.05) is 56.3 Å². The monoisotopic (exact) mass is 538 g/mol. The van der Waals surface area contributed by atoms with Gasteiger partial charge in [0.05, 0.1) is 5.69 Å². The summed E-state index contributed by atoms with van der Waals surface area (Å²) in [6.07, 6.45) is 4.33. The van der Waals surface area contributed by atoms with Crippen LogP contribution in [-0.2, 0) is 15.6 Å². The zero-order chi connectivity index (χ0) is 27.3. The Labute approximate surface area is 233 Å². The van der Waals surface area contributed by atoms with Crippen LogP contribution in [0.25, 0.3) is 11.3 Å². The van der Waals surface area contributed by atoms with Crippen molar-refractivity contribution in [1.29, 1.82) is 0 Å². The molecule has 0 spiro atoms. The maximum atomic E-state index is 12.4. The molecule has 2 fully saturated rings. The Kier molecular flexibility index (Phi) is 7.31. The van der Waals surface area contributed by atoms with E-state index in [2.05, 4.69) is 61.1 Å². The van der Waals surface area contributed by atoms with Crippen molar-refractivity contribution in [2.24, 2.45) is 0 Å². The molecule has 7 heteroatoms. The highest BCUT2D eigenvalue weighted by molar-refractivity contribution is 7.14. The Morgan fingerprint density at radius 2 is 1.58 bits per heavy atom. The summed E-state index contributed by atoms with van der Waals surface area (Å²) >= 11 is 1.77. The summed E-state index contributed by atoms with van der Waals surface area (Å²) in [5, 5.41) is 3.37. The summed E-state index contributed by atoms with van der Waals surface area (Å²) in [5.74, 6) is 0. The average Bonchev–Trinajstić information content (AvgIpc) is 3.36.